The molecule has 2 aromatic rings. The summed E-state index contributed by atoms with van der Waals surface area (Å²) in [6.07, 6.45) is 0.974. The summed E-state index contributed by atoms with van der Waals surface area (Å²) in [7, 11) is 0. The highest BCUT2D eigenvalue weighted by molar-refractivity contribution is 5.97. The SMILES string of the molecule is CCCOC(=O)c1ccc(NC(=O)[C@H]2CC(=O)N(Cc3ccccc3)C2)cc1. The van der Waals surface area contributed by atoms with Crippen LogP contribution in [0.25, 0.3) is 0 Å². The molecular formula is C22H24N2O4. The van der Waals surface area contributed by atoms with Crippen molar-refractivity contribution >= 4 is 23.5 Å². The molecule has 146 valence electrons. The van der Waals surface area contributed by atoms with Gasteiger partial charge in [-0.15, -0.1) is 0 Å². The zero-order chi connectivity index (χ0) is 19.9. The molecule has 28 heavy (non-hydrogen) atoms. The van der Waals surface area contributed by atoms with Crippen LogP contribution in [0.3, 0.4) is 0 Å². The highest BCUT2D eigenvalue weighted by atomic mass is 16.5. The molecule has 1 saturated heterocycles. The Kier molecular flexibility index (Phi) is 6.42. The molecular weight excluding hydrogens is 356 g/mol. The van der Waals surface area contributed by atoms with E-state index in [0.717, 1.165) is 12.0 Å². The summed E-state index contributed by atoms with van der Waals surface area (Å²) in [5.74, 6) is -0.966. The van der Waals surface area contributed by atoms with Gasteiger partial charge >= 0.3 is 5.97 Å². The smallest absolute Gasteiger partial charge is 0.338 e. The number of rotatable bonds is 7. The van der Waals surface area contributed by atoms with Crippen LogP contribution in [0.1, 0.15) is 35.7 Å². The monoisotopic (exact) mass is 380 g/mol. The minimum Gasteiger partial charge on any atom is -0.462 e. The lowest BCUT2D eigenvalue weighted by Gasteiger charge is -2.16. The molecule has 6 heteroatoms. The third kappa shape index (κ3) is 4.97. The van der Waals surface area contributed by atoms with Crippen molar-refractivity contribution in [3.63, 3.8) is 0 Å². The number of nitrogens with one attached hydrogen (secondary N) is 1. The van der Waals surface area contributed by atoms with E-state index in [9.17, 15) is 14.4 Å². The van der Waals surface area contributed by atoms with Crippen LogP contribution in [0.5, 0.6) is 0 Å². The normalized spacial score (nSPS) is 16.1. The van der Waals surface area contributed by atoms with Gasteiger partial charge in [-0.25, -0.2) is 4.79 Å². The number of carbonyl (C=O) groups is 3. The van der Waals surface area contributed by atoms with Crippen LogP contribution >= 0.6 is 0 Å². The van der Waals surface area contributed by atoms with Crippen LogP contribution in [0, 0.1) is 5.92 Å². The van der Waals surface area contributed by atoms with E-state index in [0.29, 0.717) is 30.9 Å². The lowest BCUT2D eigenvalue weighted by Crippen LogP contribution is -2.28. The molecule has 1 fully saturated rings. The molecule has 0 saturated carbocycles. The van der Waals surface area contributed by atoms with Crippen LogP contribution in [-0.4, -0.2) is 35.8 Å². The molecule has 6 nitrogen and oxygen atoms in total. The largest absolute Gasteiger partial charge is 0.462 e. The molecule has 0 spiro atoms. The second kappa shape index (κ2) is 9.17. The number of carbonyl (C=O) groups excluding carboxylic acids is 3. The van der Waals surface area contributed by atoms with Crippen LogP contribution in [0.15, 0.2) is 54.6 Å². The average molecular weight is 380 g/mol. The number of benzene rings is 2. The molecule has 0 radical (unpaired) electrons. The molecule has 0 unspecified atom stereocenters. The first kappa shape index (κ1) is 19.6. The third-order valence-electron chi connectivity index (χ3n) is 4.63. The number of ether oxygens (including phenoxy) is 1. The number of amides is 2. The van der Waals surface area contributed by atoms with Gasteiger partial charge in [-0.1, -0.05) is 37.3 Å². The molecule has 0 aliphatic carbocycles. The molecule has 1 N–H and O–H groups in total. The Morgan fingerprint density at radius 2 is 1.82 bits per heavy atom. The van der Waals surface area contributed by atoms with Crippen LogP contribution in [0.4, 0.5) is 5.69 Å². The van der Waals surface area contributed by atoms with Gasteiger partial charge in [0.1, 0.15) is 0 Å². The van der Waals surface area contributed by atoms with Crippen molar-refractivity contribution in [1.82, 2.24) is 4.90 Å². The van der Waals surface area contributed by atoms with Gasteiger partial charge in [-0.2, -0.15) is 0 Å². The molecule has 3 rings (SSSR count). The van der Waals surface area contributed by atoms with Crippen molar-refractivity contribution < 1.29 is 19.1 Å². The Balaban J connectivity index is 1.55. The molecule has 2 amide bonds. The molecule has 1 aliphatic rings. The van der Waals surface area contributed by atoms with E-state index in [2.05, 4.69) is 5.32 Å². The number of esters is 1. The molecule has 1 heterocycles. The van der Waals surface area contributed by atoms with Crippen molar-refractivity contribution in [3.05, 3.63) is 65.7 Å². The van der Waals surface area contributed by atoms with Crippen LogP contribution in [0.2, 0.25) is 0 Å². The van der Waals surface area contributed by atoms with Gasteiger partial charge in [-0.05, 0) is 36.2 Å². The van der Waals surface area contributed by atoms with Gasteiger partial charge in [0.2, 0.25) is 11.8 Å². The van der Waals surface area contributed by atoms with Crippen LogP contribution < -0.4 is 5.32 Å². The van der Waals surface area contributed by atoms with E-state index >= 15 is 0 Å². The lowest BCUT2D eigenvalue weighted by atomic mass is 10.1. The molecule has 1 atom stereocenters. The Bertz CT molecular complexity index is 833. The third-order valence-corrected chi connectivity index (χ3v) is 4.63. The van der Waals surface area contributed by atoms with Gasteiger partial charge in [-0.3, -0.25) is 9.59 Å². The van der Waals surface area contributed by atoms with Crippen LogP contribution in [-0.2, 0) is 20.9 Å². The van der Waals surface area contributed by atoms with Crippen molar-refractivity contribution in [3.8, 4) is 0 Å². The second-order valence-electron chi connectivity index (χ2n) is 6.86. The average Bonchev–Trinajstić information content (AvgIpc) is 3.08. The van der Waals surface area contributed by atoms with Crippen molar-refractivity contribution in [2.24, 2.45) is 5.92 Å². The maximum Gasteiger partial charge on any atom is 0.338 e. The van der Waals surface area contributed by atoms with Gasteiger partial charge < -0.3 is 15.0 Å². The molecule has 1 aliphatic heterocycles. The first-order valence-electron chi connectivity index (χ1n) is 9.46. The fourth-order valence-corrected chi connectivity index (χ4v) is 3.12. The summed E-state index contributed by atoms with van der Waals surface area (Å²) in [6.45, 7) is 3.23. The number of nitrogens with zero attached hydrogens (tertiary/aromatic N) is 1. The minimum atomic E-state index is -0.384. The first-order chi connectivity index (χ1) is 13.6. The highest BCUT2D eigenvalue weighted by Gasteiger charge is 2.34. The van der Waals surface area contributed by atoms with Gasteiger partial charge in [0.05, 0.1) is 18.1 Å². The molecule has 2 aromatic carbocycles. The van der Waals surface area contributed by atoms with E-state index in [-0.39, 0.29) is 30.1 Å². The van der Waals surface area contributed by atoms with E-state index in [1.54, 1.807) is 29.2 Å². The Labute approximate surface area is 164 Å². The second-order valence-corrected chi connectivity index (χ2v) is 6.86. The number of hydrogen-bond donors (Lipinski definition) is 1. The zero-order valence-electron chi connectivity index (χ0n) is 15.9. The fourth-order valence-electron chi connectivity index (χ4n) is 3.12. The Morgan fingerprint density at radius 1 is 1.11 bits per heavy atom. The molecule has 0 bridgehead atoms. The topological polar surface area (TPSA) is 75.7 Å². The quantitative estimate of drug-likeness (QED) is 0.748. The summed E-state index contributed by atoms with van der Waals surface area (Å²) in [5.41, 5.74) is 2.07. The Morgan fingerprint density at radius 3 is 2.50 bits per heavy atom. The number of hydrogen-bond acceptors (Lipinski definition) is 4. The van der Waals surface area contributed by atoms with Crippen molar-refractivity contribution in [2.75, 3.05) is 18.5 Å². The lowest BCUT2D eigenvalue weighted by molar-refractivity contribution is -0.128. The molecule has 0 aromatic heterocycles. The summed E-state index contributed by atoms with van der Waals surface area (Å²) < 4.78 is 5.08. The summed E-state index contributed by atoms with van der Waals surface area (Å²) >= 11 is 0. The predicted octanol–water partition coefficient (Wildman–Crippen LogP) is 3.24. The highest BCUT2D eigenvalue weighted by Crippen LogP contribution is 2.22. The summed E-state index contributed by atoms with van der Waals surface area (Å²) in [4.78, 5) is 38.3. The van der Waals surface area contributed by atoms with Crippen molar-refractivity contribution in [1.29, 1.82) is 0 Å². The number of anilines is 1. The Hall–Kier alpha value is -3.15. The predicted molar refractivity (Wildman–Crippen MR) is 106 cm³/mol. The minimum absolute atomic E-state index is 0.0157. The summed E-state index contributed by atoms with van der Waals surface area (Å²) in [6, 6.07) is 16.3. The zero-order valence-corrected chi connectivity index (χ0v) is 15.9. The summed E-state index contributed by atoms with van der Waals surface area (Å²) in [5, 5.41) is 2.83. The van der Waals surface area contributed by atoms with Gasteiger partial charge in [0.15, 0.2) is 0 Å². The van der Waals surface area contributed by atoms with E-state index < -0.39 is 0 Å². The number of likely N-dealkylation sites (tertiary alicyclic amines) is 1. The first-order valence-corrected chi connectivity index (χ1v) is 9.46. The maximum absolute atomic E-state index is 12.5. The standard InChI is InChI=1S/C22H24N2O4/c1-2-12-28-22(27)17-8-10-19(11-9-17)23-21(26)18-13-20(25)24(15-18)14-16-6-4-3-5-7-16/h3-11,18H,2,12-15H2,1H3,(H,23,26)/t18-/m0/s1. The van der Waals surface area contributed by atoms with E-state index in [4.69, 9.17) is 4.74 Å². The van der Waals surface area contributed by atoms with E-state index in [1.807, 2.05) is 37.3 Å². The maximum atomic E-state index is 12.5. The van der Waals surface area contributed by atoms with Gasteiger partial charge in [0.25, 0.3) is 0 Å². The fraction of sp³-hybridized carbons (Fsp3) is 0.318. The van der Waals surface area contributed by atoms with Gasteiger partial charge in [0, 0.05) is 25.2 Å². The van der Waals surface area contributed by atoms with E-state index in [1.165, 1.54) is 0 Å². The van der Waals surface area contributed by atoms with Crippen molar-refractivity contribution in [2.45, 2.75) is 26.3 Å².